The largest absolute Gasteiger partial charge is 0.493 e. The van der Waals surface area contributed by atoms with Crippen LogP contribution < -0.4 is 20.1 Å². The van der Waals surface area contributed by atoms with Crippen LogP contribution in [0.3, 0.4) is 0 Å². The summed E-state index contributed by atoms with van der Waals surface area (Å²) in [5.41, 5.74) is 1.78. The van der Waals surface area contributed by atoms with E-state index in [0.29, 0.717) is 41.3 Å². The second-order valence-corrected chi connectivity index (χ2v) is 6.35. The molecule has 0 fully saturated rings. The highest BCUT2D eigenvalue weighted by molar-refractivity contribution is 5.92. The Morgan fingerprint density at radius 2 is 1.85 bits per heavy atom. The summed E-state index contributed by atoms with van der Waals surface area (Å²) in [6.45, 7) is 6.68. The lowest BCUT2D eigenvalue weighted by atomic mass is 10.1. The van der Waals surface area contributed by atoms with Crippen LogP contribution in [0.2, 0.25) is 0 Å². The van der Waals surface area contributed by atoms with Gasteiger partial charge in [-0.3, -0.25) is 4.79 Å². The molecule has 0 aliphatic rings. The normalized spacial score (nSPS) is 10.5. The number of hydrogen-bond acceptors (Lipinski definition) is 6. The van der Waals surface area contributed by atoms with Crippen LogP contribution in [0.5, 0.6) is 11.5 Å². The van der Waals surface area contributed by atoms with Crippen molar-refractivity contribution in [1.82, 2.24) is 15.3 Å². The number of anilines is 2. The molecule has 2 rings (SSSR count). The first-order valence-corrected chi connectivity index (χ1v) is 8.56. The highest BCUT2D eigenvalue weighted by Gasteiger charge is 2.12. The number of nitrogens with one attached hydrogen (secondary N) is 2. The number of aryl methyl sites for hydroxylation is 1. The number of rotatable bonds is 8. The van der Waals surface area contributed by atoms with E-state index in [9.17, 15) is 4.79 Å². The van der Waals surface area contributed by atoms with Crippen molar-refractivity contribution in [2.24, 2.45) is 5.92 Å². The van der Waals surface area contributed by atoms with Crippen LogP contribution in [0.4, 0.5) is 11.6 Å². The maximum absolute atomic E-state index is 12.3. The fraction of sp³-hybridized carbons (Fsp3) is 0.421. The molecule has 0 unspecified atom stereocenters. The predicted molar refractivity (Wildman–Crippen MR) is 101 cm³/mol. The minimum Gasteiger partial charge on any atom is -0.493 e. The lowest BCUT2D eigenvalue weighted by Crippen LogP contribution is -2.26. The van der Waals surface area contributed by atoms with Crippen molar-refractivity contribution in [2.45, 2.75) is 27.2 Å². The van der Waals surface area contributed by atoms with Gasteiger partial charge in [0, 0.05) is 24.0 Å². The summed E-state index contributed by atoms with van der Waals surface area (Å²) in [4.78, 5) is 21.0. The summed E-state index contributed by atoms with van der Waals surface area (Å²) in [6.07, 6.45) is 0.923. The number of hydrogen-bond donors (Lipinski definition) is 2. The Balaban J connectivity index is 2.15. The van der Waals surface area contributed by atoms with Crippen LogP contribution >= 0.6 is 0 Å². The molecule has 26 heavy (non-hydrogen) atoms. The zero-order valence-corrected chi connectivity index (χ0v) is 15.9. The molecule has 0 radical (unpaired) electrons. The topological polar surface area (TPSA) is 85.4 Å². The second-order valence-electron chi connectivity index (χ2n) is 6.35. The maximum atomic E-state index is 12.3. The van der Waals surface area contributed by atoms with Crippen LogP contribution in [0.25, 0.3) is 0 Å². The Morgan fingerprint density at radius 3 is 2.50 bits per heavy atom. The van der Waals surface area contributed by atoms with Gasteiger partial charge in [0.1, 0.15) is 5.69 Å². The zero-order chi connectivity index (χ0) is 19.1. The molecule has 0 bridgehead atoms. The smallest absolute Gasteiger partial charge is 0.270 e. The Morgan fingerprint density at radius 1 is 1.12 bits per heavy atom. The van der Waals surface area contributed by atoms with Gasteiger partial charge in [0.15, 0.2) is 11.5 Å². The van der Waals surface area contributed by atoms with E-state index < -0.39 is 0 Å². The Kier molecular flexibility index (Phi) is 6.77. The standard InChI is InChI=1S/C19H26N4O3/c1-12(2)8-9-20-18(24)15-10-13(3)21-19(23-15)22-14-6-7-16(25-4)17(11-14)26-5/h6-7,10-12H,8-9H2,1-5H3,(H,20,24)(H,21,22,23). The summed E-state index contributed by atoms with van der Waals surface area (Å²) in [5, 5.41) is 5.99. The van der Waals surface area contributed by atoms with Crippen LogP contribution in [-0.4, -0.2) is 36.6 Å². The highest BCUT2D eigenvalue weighted by atomic mass is 16.5. The molecule has 140 valence electrons. The van der Waals surface area contributed by atoms with Crippen LogP contribution in [0, 0.1) is 12.8 Å². The molecule has 2 N–H and O–H groups in total. The molecule has 7 heteroatoms. The number of carbonyl (C=O) groups excluding carboxylic acids is 1. The van der Waals surface area contributed by atoms with Gasteiger partial charge < -0.3 is 20.1 Å². The molecule has 0 aliphatic carbocycles. The first-order chi connectivity index (χ1) is 12.4. The van der Waals surface area contributed by atoms with E-state index in [4.69, 9.17) is 9.47 Å². The lowest BCUT2D eigenvalue weighted by molar-refractivity contribution is 0.0947. The van der Waals surface area contributed by atoms with E-state index in [2.05, 4.69) is 34.4 Å². The summed E-state index contributed by atoms with van der Waals surface area (Å²) in [7, 11) is 3.16. The van der Waals surface area contributed by atoms with Gasteiger partial charge in [-0.25, -0.2) is 9.97 Å². The summed E-state index contributed by atoms with van der Waals surface area (Å²) < 4.78 is 10.5. The molecule has 2 aromatic rings. The van der Waals surface area contributed by atoms with E-state index in [1.165, 1.54) is 0 Å². The average Bonchev–Trinajstić information content (AvgIpc) is 2.60. The van der Waals surface area contributed by atoms with Crippen molar-refractivity contribution in [2.75, 3.05) is 26.1 Å². The molecule has 1 aromatic heterocycles. The van der Waals surface area contributed by atoms with Crippen molar-refractivity contribution < 1.29 is 14.3 Å². The third-order valence-corrected chi connectivity index (χ3v) is 3.73. The van der Waals surface area contributed by atoms with Crippen LogP contribution in [-0.2, 0) is 0 Å². The van der Waals surface area contributed by atoms with Gasteiger partial charge in [-0.1, -0.05) is 13.8 Å². The fourth-order valence-corrected chi connectivity index (χ4v) is 2.35. The monoisotopic (exact) mass is 358 g/mol. The summed E-state index contributed by atoms with van der Waals surface area (Å²) in [6, 6.07) is 7.07. The van der Waals surface area contributed by atoms with Gasteiger partial charge in [-0.15, -0.1) is 0 Å². The molecule has 1 heterocycles. The third kappa shape index (κ3) is 5.34. The lowest BCUT2D eigenvalue weighted by Gasteiger charge is -2.12. The van der Waals surface area contributed by atoms with Crippen molar-refractivity contribution >= 4 is 17.5 Å². The van der Waals surface area contributed by atoms with Gasteiger partial charge >= 0.3 is 0 Å². The Bertz CT molecular complexity index is 762. The minimum absolute atomic E-state index is 0.202. The molecule has 0 aliphatic heterocycles. The SMILES string of the molecule is COc1ccc(Nc2nc(C)cc(C(=O)NCCC(C)C)n2)cc1OC. The van der Waals surface area contributed by atoms with Crippen molar-refractivity contribution in [3.05, 3.63) is 35.7 Å². The zero-order valence-electron chi connectivity index (χ0n) is 15.9. The Hall–Kier alpha value is -2.83. The molecular weight excluding hydrogens is 332 g/mol. The quantitative estimate of drug-likeness (QED) is 0.753. The molecule has 1 amide bonds. The van der Waals surface area contributed by atoms with E-state index >= 15 is 0 Å². The second kappa shape index (κ2) is 9.03. The highest BCUT2D eigenvalue weighted by Crippen LogP contribution is 2.30. The first-order valence-electron chi connectivity index (χ1n) is 8.56. The number of benzene rings is 1. The molecule has 0 saturated carbocycles. The van der Waals surface area contributed by atoms with Crippen molar-refractivity contribution in [3.8, 4) is 11.5 Å². The predicted octanol–water partition coefficient (Wildman–Crippen LogP) is 3.32. The van der Waals surface area contributed by atoms with E-state index in [1.54, 1.807) is 32.4 Å². The fourth-order valence-electron chi connectivity index (χ4n) is 2.35. The number of ether oxygens (including phenoxy) is 2. The minimum atomic E-state index is -0.202. The van der Waals surface area contributed by atoms with E-state index in [-0.39, 0.29) is 5.91 Å². The molecule has 1 aromatic carbocycles. The first kappa shape index (κ1) is 19.5. The number of methoxy groups -OCH3 is 2. The number of aromatic nitrogens is 2. The van der Waals surface area contributed by atoms with Gasteiger partial charge in [0.25, 0.3) is 5.91 Å². The number of carbonyl (C=O) groups is 1. The molecule has 0 spiro atoms. The van der Waals surface area contributed by atoms with Crippen LogP contribution in [0.1, 0.15) is 36.5 Å². The van der Waals surface area contributed by atoms with Gasteiger partial charge in [-0.2, -0.15) is 0 Å². The molecule has 7 nitrogen and oxygen atoms in total. The third-order valence-electron chi connectivity index (χ3n) is 3.73. The molecule has 0 atom stereocenters. The molecular formula is C19H26N4O3. The van der Waals surface area contributed by atoms with Gasteiger partial charge in [0.05, 0.1) is 14.2 Å². The average molecular weight is 358 g/mol. The van der Waals surface area contributed by atoms with Crippen LogP contribution in [0.15, 0.2) is 24.3 Å². The van der Waals surface area contributed by atoms with Crippen molar-refractivity contribution in [3.63, 3.8) is 0 Å². The van der Waals surface area contributed by atoms with Gasteiger partial charge in [-0.05, 0) is 37.5 Å². The summed E-state index contributed by atoms with van der Waals surface area (Å²) in [5.74, 6) is 1.91. The van der Waals surface area contributed by atoms with E-state index in [0.717, 1.165) is 12.1 Å². The molecule has 0 saturated heterocycles. The summed E-state index contributed by atoms with van der Waals surface area (Å²) >= 11 is 0. The van der Waals surface area contributed by atoms with E-state index in [1.807, 2.05) is 13.0 Å². The van der Waals surface area contributed by atoms with Crippen molar-refractivity contribution in [1.29, 1.82) is 0 Å². The number of nitrogens with zero attached hydrogens (tertiary/aromatic N) is 2. The van der Waals surface area contributed by atoms with Gasteiger partial charge in [0.2, 0.25) is 5.95 Å². The number of amides is 1. The maximum Gasteiger partial charge on any atom is 0.270 e. The Labute approximate surface area is 154 Å².